The van der Waals surface area contributed by atoms with Crippen LogP contribution in [0.4, 0.5) is 5.69 Å². The van der Waals surface area contributed by atoms with Gasteiger partial charge in [0.2, 0.25) is 0 Å². The van der Waals surface area contributed by atoms with Crippen LogP contribution in [0.2, 0.25) is 5.02 Å². The van der Waals surface area contributed by atoms with Crippen molar-refractivity contribution in [3.8, 4) is 0 Å². The third kappa shape index (κ3) is 5.47. The summed E-state index contributed by atoms with van der Waals surface area (Å²) in [6, 6.07) is 9.22. The van der Waals surface area contributed by atoms with Gasteiger partial charge in [-0.3, -0.25) is 19.2 Å². The van der Waals surface area contributed by atoms with Crippen molar-refractivity contribution in [2.75, 3.05) is 11.3 Å². The average molecular weight is 516 g/mol. The average Bonchev–Trinajstić information content (AvgIpc) is 3.05. The molecule has 2 aromatic carbocycles. The summed E-state index contributed by atoms with van der Waals surface area (Å²) < 4.78 is 28.6. The Morgan fingerprint density at radius 2 is 1.71 bits per heavy atom. The van der Waals surface area contributed by atoms with Gasteiger partial charge < -0.3 is 5.21 Å². The predicted octanol–water partition coefficient (Wildman–Crippen LogP) is 5.00. The molecule has 1 aliphatic heterocycles. The van der Waals surface area contributed by atoms with Gasteiger partial charge in [0.1, 0.15) is 0 Å². The van der Waals surface area contributed by atoms with E-state index in [1.807, 2.05) is 20.8 Å². The summed E-state index contributed by atoms with van der Waals surface area (Å²) in [6.45, 7) is 7.72. The lowest BCUT2D eigenvalue weighted by molar-refractivity contribution is 0.0669. The molecule has 2 aromatic rings. The van der Waals surface area contributed by atoms with Crippen molar-refractivity contribution >= 4 is 45.3 Å². The minimum atomic E-state index is -4.05. The van der Waals surface area contributed by atoms with Crippen LogP contribution in [0.3, 0.4) is 0 Å². The number of carbonyl (C=O) groups is 2. The Hall–Kier alpha value is -3.43. The van der Waals surface area contributed by atoms with Gasteiger partial charge in [-0.15, -0.1) is 0 Å². The molecule has 0 fully saturated rings. The van der Waals surface area contributed by atoms with Crippen LogP contribution in [0, 0.1) is 0 Å². The van der Waals surface area contributed by atoms with Gasteiger partial charge in [-0.2, -0.15) is 0 Å². The van der Waals surface area contributed by atoms with Crippen LogP contribution >= 0.6 is 11.6 Å². The molecule has 0 bridgehead atoms. The molecule has 0 aromatic heterocycles. The highest BCUT2D eigenvalue weighted by Gasteiger charge is 2.40. The Bertz CT molecular complexity index is 1350. The molecular formula is C25H26ClN3O5S. The zero-order valence-electron chi connectivity index (χ0n) is 19.7. The minimum absolute atomic E-state index is 0.0229. The summed E-state index contributed by atoms with van der Waals surface area (Å²) in [5.41, 5.74) is 1.23. The molecule has 1 aliphatic rings. The normalized spacial score (nSPS) is 14.9. The number of carbonyl (C=O) groups excluding carboxylic acids is 2. The SMILES string of the molecule is C\C=C(/C=C\C=N\O)CN1C(=O)c2c(Cl)ccc(NS(=O)(=O)c3ccc(C(C)(C)C)cc3)c2C1=O. The first-order valence-corrected chi connectivity index (χ1v) is 12.6. The maximum Gasteiger partial charge on any atom is 0.264 e. The van der Waals surface area contributed by atoms with E-state index in [4.69, 9.17) is 16.8 Å². The first-order chi connectivity index (χ1) is 16.4. The fourth-order valence-electron chi connectivity index (χ4n) is 3.56. The van der Waals surface area contributed by atoms with Crippen LogP contribution in [0.5, 0.6) is 0 Å². The quantitative estimate of drug-likeness (QED) is 0.177. The number of hydrogen-bond donors (Lipinski definition) is 2. The zero-order valence-corrected chi connectivity index (χ0v) is 21.3. The molecule has 35 heavy (non-hydrogen) atoms. The number of rotatable bonds is 7. The number of nitrogens with zero attached hydrogens (tertiary/aromatic N) is 2. The van der Waals surface area contributed by atoms with Crippen molar-refractivity contribution in [3.05, 3.63) is 81.9 Å². The third-order valence-corrected chi connectivity index (χ3v) is 7.22. The first kappa shape index (κ1) is 26.2. The third-order valence-electron chi connectivity index (χ3n) is 5.52. The largest absolute Gasteiger partial charge is 0.411 e. The summed E-state index contributed by atoms with van der Waals surface area (Å²) >= 11 is 6.24. The number of anilines is 1. The molecule has 0 radical (unpaired) electrons. The monoisotopic (exact) mass is 515 g/mol. The Balaban J connectivity index is 1.95. The van der Waals surface area contributed by atoms with E-state index in [0.29, 0.717) is 5.57 Å². The van der Waals surface area contributed by atoms with Gasteiger partial charge in [-0.05, 0) is 53.8 Å². The van der Waals surface area contributed by atoms with Crippen molar-refractivity contribution in [2.24, 2.45) is 5.16 Å². The predicted molar refractivity (Wildman–Crippen MR) is 136 cm³/mol. The van der Waals surface area contributed by atoms with E-state index in [2.05, 4.69) is 9.88 Å². The maximum absolute atomic E-state index is 13.2. The lowest BCUT2D eigenvalue weighted by atomic mass is 9.87. The van der Waals surface area contributed by atoms with Crippen LogP contribution in [-0.4, -0.2) is 43.1 Å². The number of halogens is 1. The van der Waals surface area contributed by atoms with Crippen molar-refractivity contribution in [2.45, 2.75) is 38.0 Å². The molecule has 8 nitrogen and oxygen atoms in total. The lowest BCUT2D eigenvalue weighted by Gasteiger charge is -2.19. The van der Waals surface area contributed by atoms with Crippen LogP contribution in [0.1, 0.15) is 54.0 Å². The van der Waals surface area contributed by atoms with E-state index in [9.17, 15) is 18.0 Å². The van der Waals surface area contributed by atoms with E-state index in [1.165, 1.54) is 30.3 Å². The minimum Gasteiger partial charge on any atom is -0.411 e. The van der Waals surface area contributed by atoms with Gasteiger partial charge in [0, 0.05) is 0 Å². The molecule has 0 saturated heterocycles. The second-order valence-corrected chi connectivity index (χ2v) is 11.0. The standard InChI is InChI=1S/C25H26ClN3O5S/c1-5-16(7-6-14-27-32)15-29-23(30)21-19(26)12-13-20(22(21)24(29)31)28-35(33,34)18-10-8-17(9-11-18)25(2,3)4/h5-14,28,32H,15H2,1-4H3/b7-6-,16-5+,27-14+. The highest BCUT2D eigenvalue weighted by atomic mass is 35.5. The Morgan fingerprint density at radius 1 is 1.09 bits per heavy atom. The Morgan fingerprint density at radius 3 is 2.29 bits per heavy atom. The molecule has 184 valence electrons. The number of hydrogen-bond acceptors (Lipinski definition) is 6. The number of amides is 2. The van der Waals surface area contributed by atoms with E-state index < -0.39 is 21.8 Å². The van der Waals surface area contributed by atoms with Crippen molar-refractivity contribution in [3.63, 3.8) is 0 Å². The number of nitrogens with one attached hydrogen (secondary N) is 1. The van der Waals surface area contributed by atoms with E-state index >= 15 is 0 Å². The van der Waals surface area contributed by atoms with Gasteiger partial charge in [-0.1, -0.05) is 61.8 Å². The zero-order chi connectivity index (χ0) is 26.0. The van der Waals surface area contributed by atoms with Gasteiger partial charge in [-0.25, -0.2) is 8.42 Å². The van der Waals surface area contributed by atoms with E-state index in [-0.39, 0.29) is 38.7 Å². The first-order valence-electron chi connectivity index (χ1n) is 10.7. The fourth-order valence-corrected chi connectivity index (χ4v) is 4.88. The molecule has 2 amide bonds. The van der Waals surface area contributed by atoms with Crippen LogP contribution in [0.15, 0.2) is 70.3 Å². The van der Waals surface area contributed by atoms with Crippen molar-refractivity contribution < 1.29 is 23.2 Å². The molecule has 2 N–H and O–H groups in total. The molecule has 0 saturated carbocycles. The highest BCUT2D eigenvalue weighted by molar-refractivity contribution is 7.92. The molecule has 10 heteroatoms. The van der Waals surface area contributed by atoms with Crippen LogP contribution < -0.4 is 4.72 Å². The molecule has 0 spiro atoms. The number of benzene rings is 2. The molecule has 0 unspecified atom stereocenters. The lowest BCUT2D eigenvalue weighted by Crippen LogP contribution is -2.31. The van der Waals surface area contributed by atoms with Gasteiger partial charge in [0.25, 0.3) is 21.8 Å². The number of sulfonamides is 1. The molecule has 3 rings (SSSR count). The smallest absolute Gasteiger partial charge is 0.264 e. The number of fused-ring (bicyclic) bond motifs is 1. The van der Waals surface area contributed by atoms with Gasteiger partial charge in [0.15, 0.2) is 0 Å². The molecular weight excluding hydrogens is 490 g/mol. The van der Waals surface area contributed by atoms with Crippen molar-refractivity contribution in [1.82, 2.24) is 4.90 Å². The molecule has 0 aliphatic carbocycles. The summed E-state index contributed by atoms with van der Waals surface area (Å²) in [5.74, 6) is -1.30. The topological polar surface area (TPSA) is 116 Å². The Kier molecular flexibility index (Phi) is 7.52. The fraction of sp³-hybridized carbons (Fsp3) is 0.240. The number of allylic oxidation sites excluding steroid dienone is 2. The summed E-state index contributed by atoms with van der Waals surface area (Å²) in [4.78, 5) is 27.3. The molecule has 0 atom stereocenters. The number of oxime groups is 1. The molecule has 1 heterocycles. The van der Waals surface area contributed by atoms with E-state index in [1.54, 1.807) is 31.2 Å². The van der Waals surface area contributed by atoms with Gasteiger partial charge >= 0.3 is 0 Å². The van der Waals surface area contributed by atoms with Crippen molar-refractivity contribution in [1.29, 1.82) is 0 Å². The van der Waals surface area contributed by atoms with Crippen LogP contribution in [0.25, 0.3) is 0 Å². The maximum atomic E-state index is 13.2. The highest BCUT2D eigenvalue weighted by Crippen LogP contribution is 2.36. The van der Waals surface area contributed by atoms with Gasteiger partial charge in [0.05, 0.1) is 39.5 Å². The second-order valence-electron chi connectivity index (χ2n) is 8.91. The second kappa shape index (κ2) is 10.1. The van der Waals surface area contributed by atoms with Crippen LogP contribution in [-0.2, 0) is 15.4 Å². The summed E-state index contributed by atoms with van der Waals surface area (Å²) in [7, 11) is -4.05. The summed E-state index contributed by atoms with van der Waals surface area (Å²) in [6.07, 6.45) is 5.86. The van der Waals surface area contributed by atoms with E-state index in [0.717, 1.165) is 16.7 Å². The Labute approximate surface area is 209 Å². The number of imide groups is 1. The summed E-state index contributed by atoms with van der Waals surface area (Å²) in [5, 5.41) is 11.4.